The Kier molecular flexibility index (Phi) is 18.0. The maximum absolute atomic E-state index is 12.2. The number of methoxy groups -OCH3 is 1. The first-order valence-corrected chi connectivity index (χ1v) is 24.7. The van der Waals surface area contributed by atoms with Gasteiger partial charge in [0.2, 0.25) is 5.69 Å². The fourth-order valence-corrected chi connectivity index (χ4v) is 9.53. The van der Waals surface area contributed by atoms with E-state index in [9.17, 15) is 43.7 Å². The molecule has 4 rings (SSSR count). The molecule has 0 saturated carbocycles. The molecular weight excluding hydrogens is 865 g/mol. The molecule has 0 amide bonds. The van der Waals surface area contributed by atoms with Crippen molar-refractivity contribution in [3.8, 4) is 0 Å². The number of unbranched alkanes of at least 4 members (excludes halogenated alkanes) is 2. The van der Waals surface area contributed by atoms with Crippen LogP contribution < -0.4 is 4.90 Å². The highest BCUT2D eigenvalue weighted by atomic mass is 32.2. The van der Waals surface area contributed by atoms with Gasteiger partial charge < -0.3 is 37.9 Å². The van der Waals surface area contributed by atoms with E-state index in [4.69, 9.17) is 19.3 Å². The number of carboxylic acids is 1. The molecule has 0 bridgehead atoms. The van der Waals surface area contributed by atoms with Crippen LogP contribution in [0.15, 0.2) is 94.4 Å². The Bertz CT molecular complexity index is 2410. The molecule has 2 atom stereocenters. The second-order valence-corrected chi connectivity index (χ2v) is 19.7. The van der Waals surface area contributed by atoms with Gasteiger partial charge in [-0.05, 0) is 94.8 Å². The standard InChI is InChI=1S/C43H58N2O14S3/c1-5-44-37-20-18-33(61(51,52)53)31-35(37)42(2,22-14-30-60(48,49)50)39(44)15-10-7-6-8-11-16-40-43(3,23-25-58-28-29-59-27-26-57-4)36-32-34(62(54,55)56)19-21-38(36)45(40)24-13-9-12-17-41(46)47/h6-8,10-11,15-16,18-21,31-32H,5,9,12-14,17,22-30H2,1-4H3,(H3-,46,47,48,49,50,51,52,53,54,55,56)/p-2. The van der Waals surface area contributed by atoms with Crippen molar-refractivity contribution < 1.29 is 67.6 Å². The van der Waals surface area contributed by atoms with Gasteiger partial charge in [0, 0.05) is 73.4 Å². The van der Waals surface area contributed by atoms with Crippen LogP contribution in [0.2, 0.25) is 0 Å². The van der Waals surface area contributed by atoms with Crippen LogP contribution in [-0.4, -0.2) is 119 Å². The van der Waals surface area contributed by atoms with Crippen LogP contribution in [0.1, 0.15) is 76.8 Å². The van der Waals surface area contributed by atoms with Crippen LogP contribution in [0, 0.1) is 0 Å². The van der Waals surface area contributed by atoms with Crippen molar-refractivity contribution in [1.29, 1.82) is 0 Å². The van der Waals surface area contributed by atoms with Crippen molar-refractivity contribution >= 4 is 53.4 Å². The Morgan fingerprint density at radius 2 is 1.37 bits per heavy atom. The second kappa shape index (κ2) is 22.0. The molecule has 2 aliphatic rings. The second-order valence-electron chi connectivity index (χ2n) is 15.4. The number of hydrogen-bond acceptors (Lipinski definition) is 14. The van der Waals surface area contributed by atoms with E-state index in [2.05, 4.69) is 4.58 Å². The van der Waals surface area contributed by atoms with Crippen LogP contribution in [-0.2, 0) is 60.2 Å². The number of benzene rings is 2. The number of rotatable bonds is 26. The number of hydrogen-bond donors (Lipinski definition) is 1. The van der Waals surface area contributed by atoms with E-state index in [0.29, 0.717) is 82.0 Å². The molecule has 342 valence electrons. The number of allylic oxidation sites excluding steroid dienone is 8. The molecule has 16 nitrogen and oxygen atoms in total. The molecule has 2 unspecified atom stereocenters. The summed E-state index contributed by atoms with van der Waals surface area (Å²) in [6.45, 7) is 8.47. The van der Waals surface area contributed by atoms with Gasteiger partial charge in [0.15, 0.2) is 5.71 Å². The molecule has 0 spiro atoms. The molecule has 2 aliphatic heterocycles. The summed E-state index contributed by atoms with van der Waals surface area (Å²) in [4.78, 5) is 12.3. The Balaban J connectivity index is 1.67. The Morgan fingerprint density at radius 1 is 0.758 bits per heavy atom. The number of carbonyl (C=O) groups is 1. The molecule has 2 aromatic rings. The van der Waals surface area contributed by atoms with Crippen LogP contribution in [0.5, 0.6) is 0 Å². The average molecular weight is 921 g/mol. The lowest BCUT2D eigenvalue weighted by atomic mass is 9.76. The SMILES string of the molecule is CCN1/C(=C/C=C/C=C/C=C/C2=[N+](CCCCCC(=O)O)c3ccc(S(=O)(=O)[O-])cc3C2(C)CCOCCOCCOC)C(C)(CCCS(=O)(=O)[O-])c2cc(S(=O)(=O)[O-])ccc21. The van der Waals surface area contributed by atoms with Gasteiger partial charge in [-0.2, -0.15) is 4.58 Å². The van der Waals surface area contributed by atoms with E-state index >= 15 is 0 Å². The summed E-state index contributed by atoms with van der Waals surface area (Å²) in [6, 6.07) is 8.46. The van der Waals surface area contributed by atoms with Crippen LogP contribution >= 0.6 is 0 Å². The van der Waals surface area contributed by atoms with Crippen molar-refractivity contribution in [2.75, 3.05) is 63.9 Å². The fraction of sp³-hybridized carbons (Fsp3) is 0.488. The smallest absolute Gasteiger partial charge is 0.303 e. The Hall–Kier alpha value is -4.05. The number of likely N-dealkylation sites (N-methyl/N-ethyl adjacent to an activating group) is 1. The number of carboxylic acid groups (broad SMARTS) is 1. The van der Waals surface area contributed by atoms with E-state index in [1.54, 1.807) is 43.5 Å². The fourth-order valence-electron chi connectivity index (χ4n) is 8.03. The molecule has 2 aromatic carbocycles. The van der Waals surface area contributed by atoms with Gasteiger partial charge >= 0.3 is 5.97 Å². The van der Waals surface area contributed by atoms with Gasteiger partial charge in [-0.1, -0.05) is 30.4 Å². The molecule has 1 N–H and O–H groups in total. The average Bonchev–Trinajstić information content (AvgIpc) is 3.56. The van der Waals surface area contributed by atoms with Crippen molar-refractivity contribution in [3.05, 3.63) is 95.8 Å². The molecule has 0 saturated heterocycles. The first kappa shape index (κ1) is 50.6. The molecule has 19 heteroatoms. The number of ether oxygens (including phenoxy) is 3. The van der Waals surface area contributed by atoms with E-state index in [1.165, 1.54) is 24.3 Å². The van der Waals surface area contributed by atoms with Crippen molar-refractivity contribution in [3.63, 3.8) is 0 Å². The molecule has 62 heavy (non-hydrogen) atoms. The molecule has 0 aromatic heterocycles. The largest absolute Gasteiger partial charge is 0.748 e. The number of fused-ring (bicyclic) bond motifs is 2. The lowest BCUT2D eigenvalue weighted by Crippen LogP contribution is -2.33. The minimum atomic E-state index is -4.79. The zero-order chi connectivity index (χ0) is 45.8. The van der Waals surface area contributed by atoms with Crippen molar-refractivity contribution in [2.24, 2.45) is 0 Å². The molecular formula is C43H56N2O14S3-2. The Morgan fingerprint density at radius 3 is 2.00 bits per heavy atom. The lowest BCUT2D eigenvalue weighted by molar-refractivity contribution is -0.438. The van der Waals surface area contributed by atoms with E-state index in [1.807, 2.05) is 43.9 Å². The predicted octanol–water partition coefficient (Wildman–Crippen LogP) is 5.24. The third-order valence-electron chi connectivity index (χ3n) is 11.2. The summed E-state index contributed by atoms with van der Waals surface area (Å²) in [7, 11) is -12.5. The van der Waals surface area contributed by atoms with Crippen LogP contribution in [0.4, 0.5) is 11.4 Å². The van der Waals surface area contributed by atoms with Gasteiger partial charge in [-0.3, -0.25) is 4.79 Å². The van der Waals surface area contributed by atoms with Crippen molar-refractivity contribution in [2.45, 2.75) is 86.3 Å². The highest BCUT2D eigenvalue weighted by Crippen LogP contribution is 2.51. The van der Waals surface area contributed by atoms with E-state index in [0.717, 1.165) is 17.1 Å². The highest BCUT2D eigenvalue weighted by molar-refractivity contribution is 7.86. The number of aliphatic carboxylic acids is 1. The van der Waals surface area contributed by atoms with E-state index in [-0.39, 0.29) is 30.8 Å². The highest BCUT2D eigenvalue weighted by Gasteiger charge is 2.48. The van der Waals surface area contributed by atoms with Crippen LogP contribution in [0.25, 0.3) is 0 Å². The van der Waals surface area contributed by atoms with Gasteiger partial charge in [-0.15, -0.1) is 0 Å². The third kappa shape index (κ3) is 13.2. The Labute approximate surface area is 365 Å². The predicted molar refractivity (Wildman–Crippen MR) is 230 cm³/mol. The van der Waals surface area contributed by atoms with E-state index < -0.39 is 57.8 Å². The van der Waals surface area contributed by atoms with Crippen LogP contribution in [0.3, 0.4) is 0 Å². The number of anilines is 1. The summed E-state index contributed by atoms with van der Waals surface area (Å²) in [5.41, 5.74) is 2.36. The molecule has 0 aliphatic carbocycles. The minimum absolute atomic E-state index is 0.00381. The zero-order valence-electron chi connectivity index (χ0n) is 35.5. The minimum Gasteiger partial charge on any atom is -0.748 e. The summed E-state index contributed by atoms with van der Waals surface area (Å²) in [6.07, 6.45) is 15.1. The quantitative estimate of drug-likeness (QED) is 0.0549. The first-order chi connectivity index (χ1) is 29.2. The normalized spacial score (nSPS) is 20.1. The maximum atomic E-state index is 12.2. The van der Waals surface area contributed by atoms with Gasteiger partial charge in [-0.25, -0.2) is 25.3 Å². The molecule has 0 fully saturated rings. The van der Waals surface area contributed by atoms with Crippen molar-refractivity contribution in [1.82, 2.24) is 0 Å². The van der Waals surface area contributed by atoms with Gasteiger partial charge in [0.05, 0.1) is 51.8 Å². The summed E-state index contributed by atoms with van der Waals surface area (Å²) in [5.74, 6) is -1.49. The van der Waals surface area contributed by atoms with Gasteiger partial charge in [0.25, 0.3) is 0 Å². The summed E-state index contributed by atoms with van der Waals surface area (Å²) < 4.78 is 125. The molecule has 2 heterocycles. The monoisotopic (exact) mass is 920 g/mol. The summed E-state index contributed by atoms with van der Waals surface area (Å²) in [5, 5.41) is 9.14. The lowest BCUT2D eigenvalue weighted by Gasteiger charge is -2.30. The van der Waals surface area contributed by atoms with Gasteiger partial charge in [0.1, 0.15) is 26.8 Å². The zero-order valence-corrected chi connectivity index (χ0v) is 37.9. The third-order valence-corrected chi connectivity index (χ3v) is 13.6. The first-order valence-electron chi connectivity index (χ1n) is 20.3. The number of nitrogens with zero attached hydrogens (tertiary/aromatic N) is 2. The topological polar surface area (TPSA) is 243 Å². The summed E-state index contributed by atoms with van der Waals surface area (Å²) >= 11 is 0. The molecule has 0 radical (unpaired) electrons. The maximum Gasteiger partial charge on any atom is 0.303 e.